The molecule has 6 heteroatoms. The number of carbonyl (C=O) groups excluding carboxylic acids is 1. The average Bonchev–Trinajstić information content (AvgIpc) is 2.24. The third-order valence-corrected chi connectivity index (χ3v) is 2.51. The van der Waals surface area contributed by atoms with Gasteiger partial charge in [-0.25, -0.2) is 4.98 Å². The summed E-state index contributed by atoms with van der Waals surface area (Å²) in [6.45, 7) is 5.34. The first-order valence-corrected chi connectivity index (χ1v) is 5.88. The molecule has 0 bridgehead atoms. The molecule has 98 valence electrons. The Morgan fingerprint density at radius 1 is 1.50 bits per heavy atom. The summed E-state index contributed by atoms with van der Waals surface area (Å²) in [6.07, 6.45) is 2.00. The molecule has 0 unspecified atom stereocenters. The molecular formula is C12H17N3O3. The third kappa shape index (κ3) is 3.51. The lowest BCUT2D eigenvalue weighted by atomic mass is 10.2. The van der Waals surface area contributed by atoms with Crippen molar-refractivity contribution in [3.8, 4) is 0 Å². The van der Waals surface area contributed by atoms with Gasteiger partial charge in [-0.15, -0.1) is 0 Å². The molecule has 1 N–H and O–H groups in total. The second kappa shape index (κ2) is 6.09. The monoisotopic (exact) mass is 251 g/mol. The lowest BCUT2D eigenvalue weighted by Gasteiger charge is -2.07. The first-order chi connectivity index (χ1) is 8.45. The molecule has 18 heavy (non-hydrogen) atoms. The molecule has 1 rings (SSSR count). The largest absolute Gasteiger partial charge is 0.314 e. The molecule has 0 saturated heterocycles. The molecule has 1 aromatic heterocycles. The summed E-state index contributed by atoms with van der Waals surface area (Å²) in [4.78, 5) is 26.1. The van der Waals surface area contributed by atoms with E-state index in [0.29, 0.717) is 17.7 Å². The van der Waals surface area contributed by atoms with Gasteiger partial charge in [-0.05, 0) is 26.3 Å². The van der Waals surface area contributed by atoms with Crippen LogP contribution in [0.5, 0.6) is 0 Å². The van der Waals surface area contributed by atoms with Gasteiger partial charge in [-0.2, -0.15) is 0 Å². The fourth-order valence-corrected chi connectivity index (χ4v) is 1.68. The number of unbranched alkanes of at least 4 members (excludes halogenated alkanes) is 1. The normalized spacial score (nSPS) is 10.2. The number of amides is 1. The number of aryl methyl sites for hydroxylation is 2. The molecule has 0 atom stereocenters. The number of hydrogen-bond acceptors (Lipinski definition) is 4. The van der Waals surface area contributed by atoms with Crippen molar-refractivity contribution in [2.45, 2.75) is 40.0 Å². The van der Waals surface area contributed by atoms with E-state index in [1.807, 2.05) is 6.92 Å². The van der Waals surface area contributed by atoms with E-state index in [-0.39, 0.29) is 17.4 Å². The number of aromatic nitrogens is 1. The van der Waals surface area contributed by atoms with Crippen LogP contribution in [0.3, 0.4) is 0 Å². The Labute approximate surface area is 106 Å². The summed E-state index contributed by atoms with van der Waals surface area (Å²) in [6, 6.07) is 1.62. The van der Waals surface area contributed by atoms with Gasteiger partial charge in [0, 0.05) is 17.7 Å². The van der Waals surface area contributed by atoms with E-state index in [1.165, 1.54) is 0 Å². The lowest BCUT2D eigenvalue weighted by Crippen LogP contribution is -2.14. The van der Waals surface area contributed by atoms with Gasteiger partial charge in [0.2, 0.25) is 11.7 Å². The summed E-state index contributed by atoms with van der Waals surface area (Å²) in [7, 11) is 0. The van der Waals surface area contributed by atoms with Crippen LogP contribution in [0.25, 0.3) is 0 Å². The van der Waals surface area contributed by atoms with E-state index in [1.54, 1.807) is 19.9 Å². The first-order valence-electron chi connectivity index (χ1n) is 5.88. The van der Waals surface area contributed by atoms with Gasteiger partial charge < -0.3 is 5.32 Å². The van der Waals surface area contributed by atoms with Crippen LogP contribution in [-0.2, 0) is 4.79 Å². The second-order valence-corrected chi connectivity index (χ2v) is 4.19. The maximum absolute atomic E-state index is 11.6. The number of nitrogens with one attached hydrogen (secondary N) is 1. The number of carbonyl (C=O) groups is 1. The zero-order chi connectivity index (χ0) is 13.7. The fourth-order valence-electron chi connectivity index (χ4n) is 1.68. The third-order valence-electron chi connectivity index (χ3n) is 2.51. The van der Waals surface area contributed by atoms with Crippen molar-refractivity contribution >= 4 is 17.4 Å². The van der Waals surface area contributed by atoms with Crippen LogP contribution in [0.2, 0.25) is 0 Å². The molecule has 0 aromatic carbocycles. The molecule has 1 amide bonds. The molecule has 0 radical (unpaired) electrons. The molecule has 1 aromatic rings. The van der Waals surface area contributed by atoms with Gasteiger partial charge in [0.05, 0.1) is 4.92 Å². The second-order valence-electron chi connectivity index (χ2n) is 4.19. The van der Waals surface area contributed by atoms with E-state index in [4.69, 9.17) is 0 Å². The molecule has 0 saturated carbocycles. The molecule has 0 aliphatic heterocycles. The summed E-state index contributed by atoms with van der Waals surface area (Å²) >= 11 is 0. The van der Waals surface area contributed by atoms with Crippen LogP contribution in [0, 0.1) is 24.0 Å². The smallest absolute Gasteiger partial charge is 0.305 e. The van der Waals surface area contributed by atoms with Crippen molar-refractivity contribution in [2.24, 2.45) is 0 Å². The minimum Gasteiger partial charge on any atom is -0.305 e. The summed E-state index contributed by atoms with van der Waals surface area (Å²) < 4.78 is 0. The van der Waals surface area contributed by atoms with E-state index in [0.717, 1.165) is 12.8 Å². The van der Waals surface area contributed by atoms with Crippen molar-refractivity contribution in [3.63, 3.8) is 0 Å². The van der Waals surface area contributed by atoms with E-state index < -0.39 is 4.92 Å². The van der Waals surface area contributed by atoms with Crippen molar-refractivity contribution < 1.29 is 9.72 Å². The lowest BCUT2D eigenvalue weighted by molar-refractivity contribution is -0.384. The highest BCUT2D eigenvalue weighted by atomic mass is 16.6. The van der Waals surface area contributed by atoms with E-state index in [9.17, 15) is 14.9 Å². The van der Waals surface area contributed by atoms with Gasteiger partial charge in [0.25, 0.3) is 0 Å². The zero-order valence-electron chi connectivity index (χ0n) is 10.8. The van der Waals surface area contributed by atoms with Crippen LogP contribution < -0.4 is 5.32 Å². The Kier molecular flexibility index (Phi) is 4.76. The number of hydrogen-bond donors (Lipinski definition) is 1. The molecule has 0 spiro atoms. The number of nitrogens with zero attached hydrogens (tertiary/aromatic N) is 2. The van der Waals surface area contributed by atoms with Crippen LogP contribution in [0.4, 0.5) is 11.5 Å². The molecule has 6 nitrogen and oxygen atoms in total. The van der Waals surface area contributed by atoms with E-state index >= 15 is 0 Å². The fraction of sp³-hybridized carbons (Fsp3) is 0.500. The van der Waals surface area contributed by atoms with Gasteiger partial charge in [-0.1, -0.05) is 13.3 Å². The summed E-state index contributed by atoms with van der Waals surface area (Å²) in [5.41, 5.74) is 1.01. The highest BCUT2D eigenvalue weighted by molar-refractivity contribution is 5.92. The molecule has 0 aliphatic carbocycles. The van der Waals surface area contributed by atoms with Crippen LogP contribution in [0.15, 0.2) is 6.07 Å². The van der Waals surface area contributed by atoms with Crippen molar-refractivity contribution in [1.82, 2.24) is 4.98 Å². The minimum absolute atomic E-state index is 0.0404. The molecular weight excluding hydrogens is 234 g/mol. The Balaban J connectivity index is 3.00. The Morgan fingerprint density at radius 2 is 2.17 bits per heavy atom. The number of nitro groups is 1. The van der Waals surface area contributed by atoms with Gasteiger partial charge >= 0.3 is 5.69 Å². The molecule has 0 aliphatic rings. The minimum atomic E-state index is -0.517. The Morgan fingerprint density at radius 3 is 2.72 bits per heavy atom. The average molecular weight is 251 g/mol. The van der Waals surface area contributed by atoms with Crippen LogP contribution in [0.1, 0.15) is 37.4 Å². The predicted octanol–water partition coefficient (Wildman–Crippen LogP) is 2.74. The highest BCUT2D eigenvalue weighted by Gasteiger charge is 2.21. The SMILES string of the molecule is CCCCC(=O)Nc1nc(C)cc(C)c1[N+](=O)[O-]. The molecule has 0 fully saturated rings. The topological polar surface area (TPSA) is 85.1 Å². The van der Waals surface area contributed by atoms with Crippen molar-refractivity contribution in [3.05, 3.63) is 27.4 Å². The highest BCUT2D eigenvalue weighted by Crippen LogP contribution is 2.27. The van der Waals surface area contributed by atoms with E-state index in [2.05, 4.69) is 10.3 Å². The Bertz CT molecular complexity index is 472. The zero-order valence-corrected chi connectivity index (χ0v) is 10.8. The number of pyridine rings is 1. The maximum atomic E-state index is 11.6. The summed E-state index contributed by atoms with van der Waals surface area (Å²) in [5.74, 6) is -0.198. The Hall–Kier alpha value is -1.98. The van der Waals surface area contributed by atoms with Gasteiger partial charge in [-0.3, -0.25) is 14.9 Å². The van der Waals surface area contributed by atoms with Crippen molar-refractivity contribution in [2.75, 3.05) is 5.32 Å². The standard InChI is InChI=1S/C12H17N3O3/c1-4-5-6-10(16)14-12-11(15(17)18)8(2)7-9(3)13-12/h7H,4-6H2,1-3H3,(H,13,14,16). The van der Waals surface area contributed by atoms with Crippen LogP contribution >= 0.6 is 0 Å². The van der Waals surface area contributed by atoms with Crippen molar-refractivity contribution in [1.29, 1.82) is 0 Å². The number of anilines is 1. The van der Waals surface area contributed by atoms with Crippen LogP contribution in [-0.4, -0.2) is 15.8 Å². The first kappa shape index (κ1) is 14.1. The van der Waals surface area contributed by atoms with Gasteiger partial charge in [0.15, 0.2) is 0 Å². The quantitative estimate of drug-likeness (QED) is 0.644. The molecule has 1 heterocycles. The number of rotatable bonds is 5. The summed E-state index contributed by atoms with van der Waals surface area (Å²) in [5, 5.41) is 13.5. The predicted molar refractivity (Wildman–Crippen MR) is 68.5 cm³/mol. The maximum Gasteiger partial charge on any atom is 0.314 e. The van der Waals surface area contributed by atoms with Gasteiger partial charge in [0.1, 0.15) is 0 Å².